The number of methoxy groups -OCH3 is 1. The van der Waals surface area contributed by atoms with Crippen molar-refractivity contribution in [3.8, 4) is 11.5 Å². The molecule has 0 aromatic heterocycles. The molecule has 0 radical (unpaired) electrons. The molecule has 30 heavy (non-hydrogen) atoms. The van der Waals surface area contributed by atoms with Crippen LogP contribution in [0.2, 0.25) is 5.02 Å². The van der Waals surface area contributed by atoms with Gasteiger partial charge in [0.1, 0.15) is 5.37 Å². The number of hydrogen-bond acceptors (Lipinski definition) is 7. The maximum atomic E-state index is 12.4. The van der Waals surface area contributed by atoms with E-state index >= 15 is 0 Å². The number of benzene rings is 2. The minimum Gasteiger partial charge on any atom is -0.493 e. The lowest BCUT2D eigenvalue weighted by molar-refractivity contribution is -0.129. The van der Waals surface area contributed by atoms with Gasteiger partial charge >= 0.3 is 5.97 Å². The van der Waals surface area contributed by atoms with Gasteiger partial charge < -0.3 is 14.8 Å². The van der Waals surface area contributed by atoms with Crippen LogP contribution in [0.25, 0.3) is 0 Å². The largest absolute Gasteiger partial charge is 0.493 e. The van der Waals surface area contributed by atoms with Gasteiger partial charge in [-0.1, -0.05) is 29.4 Å². The molecule has 0 bridgehead atoms. The number of nitrogens with one attached hydrogen (secondary N) is 1. The van der Waals surface area contributed by atoms with Crippen molar-refractivity contribution in [3.05, 3.63) is 58.6 Å². The summed E-state index contributed by atoms with van der Waals surface area (Å²) in [6, 6.07) is 11.3. The molecule has 156 valence electrons. The third kappa shape index (κ3) is 4.92. The lowest BCUT2D eigenvalue weighted by Crippen LogP contribution is -2.25. The van der Waals surface area contributed by atoms with Crippen LogP contribution in [0, 0.1) is 0 Å². The number of ether oxygens (including phenoxy) is 2. The topological polar surface area (TPSA) is 97.3 Å². The zero-order chi connectivity index (χ0) is 21.8. The van der Waals surface area contributed by atoms with E-state index in [4.69, 9.17) is 21.1 Å². The van der Waals surface area contributed by atoms with Crippen molar-refractivity contribution in [2.24, 2.45) is 5.10 Å². The number of halogens is 1. The van der Waals surface area contributed by atoms with Crippen molar-refractivity contribution in [2.45, 2.75) is 19.2 Å². The van der Waals surface area contributed by atoms with Crippen LogP contribution in [0.1, 0.15) is 35.1 Å². The number of rotatable bonds is 4. The van der Waals surface area contributed by atoms with E-state index in [1.807, 2.05) is 0 Å². The van der Waals surface area contributed by atoms with Gasteiger partial charge in [0, 0.05) is 18.9 Å². The van der Waals surface area contributed by atoms with Crippen molar-refractivity contribution >= 4 is 46.3 Å². The number of nitrogens with zero attached hydrogens (tertiary/aromatic N) is 2. The molecule has 0 saturated carbocycles. The molecule has 8 nitrogen and oxygen atoms in total. The first kappa shape index (κ1) is 21.7. The SMILES string of the molecule is COc1cc(C2SC(NC(C)=O)=NN2C(C)=O)ccc1OC(=O)c1ccc(Cl)cc1. The van der Waals surface area contributed by atoms with Crippen LogP contribution < -0.4 is 14.8 Å². The van der Waals surface area contributed by atoms with Crippen molar-refractivity contribution in [1.29, 1.82) is 0 Å². The minimum absolute atomic E-state index is 0.224. The van der Waals surface area contributed by atoms with Crippen LogP contribution in [-0.4, -0.2) is 35.1 Å². The molecule has 2 aromatic carbocycles. The summed E-state index contributed by atoms with van der Waals surface area (Å²) in [5.74, 6) is -0.597. The van der Waals surface area contributed by atoms with E-state index in [-0.39, 0.29) is 17.6 Å². The summed E-state index contributed by atoms with van der Waals surface area (Å²) in [7, 11) is 1.45. The van der Waals surface area contributed by atoms with Gasteiger partial charge in [0.2, 0.25) is 11.8 Å². The first-order valence-electron chi connectivity index (χ1n) is 8.77. The summed E-state index contributed by atoms with van der Waals surface area (Å²) in [5.41, 5.74) is 1.02. The Morgan fingerprint density at radius 3 is 2.40 bits per heavy atom. The van der Waals surface area contributed by atoms with Crippen LogP contribution in [0.4, 0.5) is 0 Å². The second-order valence-electron chi connectivity index (χ2n) is 6.23. The van der Waals surface area contributed by atoms with Gasteiger partial charge in [0.05, 0.1) is 12.7 Å². The zero-order valence-electron chi connectivity index (χ0n) is 16.3. The summed E-state index contributed by atoms with van der Waals surface area (Å²) in [6.45, 7) is 2.74. The number of esters is 1. The number of carbonyl (C=O) groups excluding carboxylic acids is 3. The highest BCUT2D eigenvalue weighted by molar-refractivity contribution is 8.14. The lowest BCUT2D eigenvalue weighted by Gasteiger charge is -2.20. The van der Waals surface area contributed by atoms with Crippen LogP contribution in [0.3, 0.4) is 0 Å². The molecule has 10 heteroatoms. The molecule has 1 atom stereocenters. The molecule has 1 heterocycles. The first-order valence-corrected chi connectivity index (χ1v) is 10.0. The predicted octanol–water partition coefficient (Wildman–Crippen LogP) is 3.57. The van der Waals surface area contributed by atoms with Gasteiger partial charge in [-0.3, -0.25) is 9.59 Å². The molecule has 0 fully saturated rings. The number of hydrogen-bond donors (Lipinski definition) is 1. The molecular formula is C20H18ClN3O5S. The molecule has 3 rings (SSSR count). The van der Waals surface area contributed by atoms with Crippen LogP contribution in [-0.2, 0) is 9.59 Å². The Kier molecular flexibility index (Phi) is 6.63. The Morgan fingerprint density at radius 1 is 1.10 bits per heavy atom. The fourth-order valence-corrected chi connectivity index (χ4v) is 3.90. The van der Waals surface area contributed by atoms with Crippen LogP contribution in [0.15, 0.2) is 47.6 Å². The van der Waals surface area contributed by atoms with E-state index in [9.17, 15) is 14.4 Å². The standard InChI is InChI=1S/C20H18ClN3O5S/c1-11(25)22-20-23-24(12(2)26)18(30-20)14-6-9-16(17(10-14)28-3)29-19(27)13-4-7-15(21)8-5-13/h4-10,18H,1-3H3,(H,22,23,25). The maximum absolute atomic E-state index is 12.4. The Morgan fingerprint density at radius 2 is 1.80 bits per heavy atom. The molecule has 1 aliphatic rings. The molecule has 1 aliphatic heterocycles. The number of carbonyl (C=O) groups is 3. The zero-order valence-corrected chi connectivity index (χ0v) is 17.9. The number of amidine groups is 1. The summed E-state index contributed by atoms with van der Waals surface area (Å²) in [4.78, 5) is 35.7. The number of hydrazone groups is 1. The molecule has 1 N–H and O–H groups in total. The molecule has 0 aliphatic carbocycles. The van der Waals surface area contributed by atoms with Gasteiger partial charge in [-0.15, -0.1) is 5.10 Å². The molecular weight excluding hydrogens is 430 g/mol. The average Bonchev–Trinajstić information content (AvgIpc) is 3.12. The Balaban J connectivity index is 1.83. The van der Waals surface area contributed by atoms with Gasteiger partial charge in [0.25, 0.3) is 0 Å². The highest BCUT2D eigenvalue weighted by atomic mass is 35.5. The summed E-state index contributed by atoms with van der Waals surface area (Å²) < 4.78 is 10.8. The Hall–Kier alpha value is -3.04. The summed E-state index contributed by atoms with van der Waals surface area (Å²) >= 11 is 7.05. The third-order valence-electron chi connectivity index (χ3n) is 4.00. The Labute approximate surface area is 182 Å². The van der Waals surface area contributed by atoms with E-state index in [1.165, 1.54) is 37.7 Å². The van der Waals surface area contributed by atoms with Crippen molar-refractivity contribution < 1.29 is 23.9 Å². The molecule has 2 amide bonds. The first-order chi connectivity index (χ1) is 14.3. The second-order valence-corrected chi connectivity index (χ2v) is 7.73. The second kappa shape index (κ2) is 9.19. The Bertz CT molecular complexity index is 1030. The molecule has 0 spiro atoms. The quantitative estimate of drug-likeness (QED) is 0.568. The summed E-state index contributed by atoms with van der Waals surface area (Å²) in [5, 5.41) is 8.34. The van der Waals surface area contributed by atoms with Crippen LogP contribution in [0.5, 0.6) is 11.5 Å². The highest BCUT2D eigenvalue weighted by Gasteiger charge is 2.33. The average molecular weight is 448 g/mol. The van der Waals surface area contributed by atoms with Gasteiger partial charge in [0.15, 0.2) is 16.7 Å². The maximum Gasteiger partial charge on any atom is 0.343 e. The number of thioether (sulfide) groups is 1. The highest BCUT2D eigenvalue weighted by Crippen LogP contribution is 2.41. The van der Waals surface area contributed by atoms with E-state index in [0.717, 1.165) is 0 Å². The van der Waals surface area contributed by atoms with Crippen molar-refractivity contribution in [2.75, 3.05) is 7.11 Å². The van der Waals surface area contributed by atoms with Gasteiger partial charge in [-0.25, -0.2) is 9.80 Å². The van der Waals surface area contributed by atoms with Crippen molar-refractivity contribution in [1.82, 2.24) is 10.3 Å². The molecule has 1 unspecified atom stereocenters. The molecule has 0 saturated heterocycles. The van der Waals surface area contributed by atoms with Gasteiger partial charge in [-0.2, -0.15) is 0 Å². The molecule has 2 aromatic rings. The third-order valence-corrected chi connectivity index (χ3v) is 5.36. The minimum atomic E-state index is -0.561. The van der Waals surface area contributed by atoms with E-state index < -0.39 is 11.3 Å². The smallest absolute Gasteiger partial charge is 0.343 e. The fourth-order valence-electron chi connectivity index (χ4n) is 2.65. The lowest BCUT2D eigenvalue weighted by atomic mass is 10.2. The predicted molar refractivity (Wildman–Crippen MR) is 114 cm³/mol. The van der Waals surface area contributed by atoms with Crippen molar-refractivity contribution in [3.63, 3.8) is 0 Å². The van der Waals surface area contributed by atoms with Crippen LogP contribution >= 0.6 is 23.4 Å². The summed E-state index contributed by atoms with van der Waals surface area (Å²) in [6.07, 6.45) is 0. The van der Waals surface area contributed by atoms with E-state index in [2.05, 4.69) is 10.4 Å². The van der Waals surface area contributed by atoms with E-state index in [1.54, 1.807) is 42.5 Å². The van der Waals surface area contributed by atoms with Gasteiger partial charge in [-0.05, 0) is 42.0 Å². The monoisotopic (exact) mass is 447 g/mol. The number of amides is 2. The normalized spacial score (nSPS) is 15.4. The fraction of sp³-hybridized carbons (Fsp3) is 0.200. The van der Waals surface area contributed by atoms with E-state index in [0.29, 0.717) is 27.1 Å².